The summed E-state index contributed by atoms with van der Waals surface area (Å²) in [6, 6.07) is 14.8. The number of rotatable bonds is 6. The Bertz CT molecular complexity index is 759. The van der Waals surface area contributed by atoms with Crippen molar-refractivity contribution in [2.75, 3.05) is 5.32 Å². The molecule has 0 spiro atoms. The predicted molar refractivity (Wildman–Crippen MR) is 94.5 cm³/mol. The summed E-state index contributed by atoms with van der Waals surface area (Å²) in [5, 5.41) is 5.28. The van der Waals surface area contributed by atoms with Gasteiger partial charge in [-0.3, -0.25) is 9.59 Å². The van der Waals surface area contributed by atoms with Crippen LogP contribution in [0.2, 0.25) is 0 Å². The number of nitrogens with one attached hydrogen (secondary N) is 2. The van der Waals surface area contributed by atoms with E-state index in [0.717, 1.165) is 18.4 Å². The zero-order valence-corrected chi connectivity index (χ0v) is 14.0. The first-order valence-electron chi connectivity index (χ1n) is 8.47. The summed E-state index contributed by atoms with van der Waals surface area (Å²) in [6.07, 6.45) is 2.03. The van der Waals surface area contributed by atoms with Crippen molar-refractivity contribution in [1.29, 1.82) is 0 Å². The number of para-hydroxylation sites is 1. The third kappa shape index (κ3) is 4.24. The monoisotopic (exact) mass is 340 g/mol. The fraction of sp³-hybridized carbons (Fsp3) is 0.300. The van der Waals surface area contributed by atoms with E-state index in [1.54, 1.807) is 19.1 Å². The van der Waals surface area contributed by atoms with Crippen molar-refractivity contribution >= 4 is 17.5 Å². The largest absolute Gasteiger partial charge is 0.344 e. The van der Waals surface area contributed by atoms with Gasteiger partial charge in [0.15, 0.2) is 0 Å². The number of amides is 2. The van der Waals surface area contributed by atoms with Gasteiger partial charge >= 0.3 is 0 Å². The van der Waals surface area contributed by atoms with E-state index in [1.807, 2.05) is 30.3 Å². The summed E-state index contributed by atoms with van der Waals surface area (Å²) in [7, 11) is 0. The molecule has 3 rings (SSSR count). The molecule has 0 heterocycles. The standard InChI is InChI=1S/C20H21FN2O2/c1-13(19(24)23-17-10-6-5-9-16(17)21)22-20(25)18(15-11-12-15)14-7-3-2-4-8-14/h2-10,13,15,18H,11-12H2,1H3,(H,22,25)(H,23,24). The van der Waals surface area contributed by atoms with Crippen molar-refractivity contribution < 1.29 is 14.0 Å². The van der Waals surface area contributed by atoms with Crippen LogP contribution >= 0.6 is 0 Å². The zero-order valence-electron chi connectivity index (χ0n) is 14.0. The lowest BCUT2D eigenvalue weighted by molar-refractivity contribution is -0.127. The highest BCUT2D eigenvalue weighted by molar-refractivity contribution is 5.98. The Morgan fingerprint density at radius 2 is 1.64 bits per heavy atom. The quantitative estimate of drug-likeness (QED) is 0.846. The molecule has 2 atom stereocenters. The van der Waals surface area contributed by atoms with E-state index >= 15 is 0 Å². The smallest absolute Gasteiger partial charge is 0.246 e. The first kappa shape index (κ1) is 17.1. The third-order valence-corrected chi connectivity index (χ3v) is 4.42. The van der Waals surface area contributed by atoms with Gasteiger partial charge in [-0.2, -0.15) is 0 Å². The average Bonchev–Trinajstić information content (AvgIpc) is 3.43. The van der Waals surface area contributed by atoms with Gasteiger partial charge in [0.05, 0.1) is 11.6 Å². The summed E-state index contributed by atoms with van der Waals surface area (Å²) in [5.41, 5.74) is 1.07. The average molecular weight is 340 g/mol. The molecule has 2 N–H and O–H groups in total. The maximum Gasteiger partial charge on any atom is 0.246 e. The van der Waals surface area contributed by atoms with Crippen molar-refractivity contribution in [2.24, 2.45) is 5.92 Å². The van der Waals surface area contributed by atoms with Gasteiger partial charge in [0.1, 0.15) is 11.9 Å². The summed E-state index contributed by atoms with van der Waals surface area (Å²) < 4.78 is 13.6. The molecule has 0 saturated heterocycles. The topological polar surface area (TPSA) is 58.2 Å². The first-order valence-corrected chi connectivity index (χ1v) is 8.47. The lowest BCUT2D eigenvalue weighted by atomic mass is 9.93. The molecule has 2 amide bonds. The summed E-state index contributed by atoms with van der Waals surface area (Å²) in [6.45, 7) is 1.60. The Morgan fingerprint density at radius 1 is 1.00 bits per heavy atom. The molecule has 1 aliphatic carbocycles. The van der Waals surface area contributed by atoms with Gasteiger partial charge in [0.25, 0.3) is 0 Å². The Morgan fingerprint density at radius 3 is 2.28 bits per heavy atom. The van der Waals surface area contributed by atoms with E-state index < -0.39 is 17.8 Å². The number of hydrogen-bond donors (Lipinski definition) is 2. The van der Waals surface area contributed by atoms with Gasteiger partial charge in [-0.15, -0.1) is 0 Å². The number of halogens is 1. The molecule has 0 radical (unpaired) electrons. The second-order valence-corrected chi connectivity index (χ2v) is 6.43. The molecule has 0 aliphatic heterocycles. The van der Waals surface area contributed by atoms with Crippen LogP contribution in [0, 0.1) is 11.7 Å². The zero-order chi connectivity index (χ0) is 17.8. The summed E-state index contributed by atoms with van der Waals surface area (Å²) in [4.78, 5) is 24.9. The van der Waals surface area contributed by atoms with E-state index in [1.165, 1.54) is 12.1 Å². The Kier molecular flexibility index (Phi) is 5.12. The molecule has 2 unspecified atom stereocenters. The maximum absolute atomic E-state index is 13.6. The number of anilines is 1. The van der Waals surface area contributed by atoms with Gasteiger partial charge in [0.2, 0.25) is 11.8 Å². The fourth-order valence-electron chi connectivity index (χ4n) is 2.90. The molecule has 2 aromatic carbocycles. The number of carbonyl (C=O) groups is 2. The molecule has 4 nitrogen and oxygen atoms in total. The molecule has 25 heavy (non-hydrogen) atoms. The van der Waals surface area contributed by atoms with E-state index in [0.29, 0.717) is 5.92 Å². The molecule has 1 aliphatic rings. The van der Waals surface area contributed by atoms with Crippen LogP contribution in [0.3, 0.4) is 0 Å². The number of hydrogen-bond acceptors (Lipinski definition) is 2. The van der Waals surface area contributed by atoms with Gasteiger partial charge in [0, 0.05) is 0 Å². The van der Waals surface area contributed by atoms with E-state index in [2.05, 4.69) is 10.6 Å². The molecule has 2 aromatic rings. The predicted octanol–water partition coefficient (Wildman–Crippen LogP) is 3.46. The van der Waals surface area contributed by atoms with Crippen LogP contribution in [0.4, 0.5) is 10.1 Å². The van der Waals surface area contributed by atoms with E-state index in [4.69, 9.17) is 0 Å². The van der Waals surface area contributed by atoms with Crippen molar-refractivity contribution in [3.05, 3.63) is 66.0 Å². The Hall–Kier alpha value is -2.69. The molecule has 130 valence electrons. The van der Waals surface area contributed by atoms with Gasteiger partial charge in [-0.25, -0.2) is 4.39 Å². The lowest BCUT2D eigenvalue weighted by Gasteiger charge is -2.20. The first-order chi connectivity index (χ1) is 12.1. The maximum atomic E-state index is 13.6. The van der Waals surface area contributed by atoms with Crippen molar-refractivity contribution in [1.82, 2.24) is 5.32 Å². The third-order valence-electron chi connectivity index (χ3n) is 4.42. The molecule has 0 aromatic heterocycles. The lowest BCUT2D eigenvalue weighted by Crippen LogP contribution is -2.44. The fourth-order valence-corrected chi connectivity index (χ4v) is 2.90. The molecular weight excluding hydrogens is 319 g/mol. The van der Waals surface area contributed by atoms with Crippen LogP contribution < -0.4 is 10.6 Å². The minimum absolute atomic E-state index is 0.107. The highest BCUT2D eigenvalue weighted by Gasteiger charge is 2.38. The molecule has 5 heteroatoms. The normalized spacial score (nSPS) is 15.9. The molecule has 1 fully saturated rings. The Labute approximate surface area is 146 Å². The highest BCUT2D eigenvalue weighted by Crippen LogP contribution is 2.42. The number of benzene rings is 2. The van der Waals surface area contributed by atoms with E-state index in [-0.39, 0.29) is 17.5 Å². The van der Waals surface area contributed by atoms with Crippen LogP contribution in [0.15, 0.2) is 54.6 Å². The van der Waals surface area contributed by atoms with Gasteiger partial charge < -0.3 is 10.6 Å². The molecular formula is C20H21FN2O2. The summed E-state index contributed by atoms with van der Waals surface area (Å²) in [5.74, 6) is -1.03. The highest BCUT2D eigenvalue weighted by atomic mass is 19.1. The van der Waals surface area contributed by atoms with E-state index in [9.17, 15) is 14.0 Å². The van der Waals surface area contributed by atoms with Crippen molar-refractivity contribution in [2.45, 2.75) is 31.7 Å². The number of carbonyl (C=O) groups excluding carboxylic acids is 2. The summed E-state index contributed by atoms with van der Waals surface area (Å²) >= 11 is 0. The minimum Gasteiger partial charge on any atom is -0.344 e. The molecule has 1 saturated carbocycles. The van der Waals surface area contributed by atoms with Crippen LogP contribution in [0.1, 0.15) is 31.2 Å². The van der Waals surface area contributed by atoms with Crippen LogP contribution in [0.25, 0.3) is 0 Å². The van der Waals surface area contributed by atoms with Crippen molar-refractivity contribution in [3.8, 4) is 0 Å². The SMILES string of the molecule is CC(NC(=O)C(c1ccccc1)C1CC1)C(=O)Nc1ccccc1F. The van der Waals surface area contributed by atoms with Crippen LogP contribution in [-0.2, 0) is 9.59 Å². The van der Waals surface area contributed by atoms with Crippen molar-refractivity contribution in [3.63, 3.8) is 0 Å². The Balaban J connectivity index is 1.65. The second kappa shape index (κ2) is 7.47. The second-order valence-electron chi connectivity index (χ2n) is 6.43. The van der Waals surface area contributed by atoms with Crippen LogP contribution in [0.5, 0.6) is 0 Å². The van der Waals surface area contributed by atoms with Gasteiger partial charge in [-0.05, 0) is 43.4 Å². The minimum atomic E-state index is -0.753. The van der Waals surface area contributed by atoms with Crippen LogP contribution in [-0.4, -0.2) is 17.9 Å². The molecule has 0 bridgehead atoms. The van der Waals surface area contributed by atoms with Gasteiger partial charge in [-0.1, -0.05) is 42.5 Å².